The number of benzene rings is 3. The molecule has 0 radical (unpaired) electrons. The zero-order chi connectivity index (χ0) is 20.8. The second-order valence-corrected chi connectivity index (χ2v) is 9.16. The first-order chi connectivity index (χ1) is 15.8. The van der Waals surface area contributed by atoms with Crippen molar-refractivity contribution in [2.75, 3.05) is 0 Å². The first-order valence-electron chi connectivity index (χ1n) is 11.0. The minimum Gasteiger partial charge on any atom is -0.456 e. The summed E-state index contributed by atoms with van der Waals surface area (Å²) in [5, 5.41) is 6.48. The molecule has 1 unspecified atom stereocenters. The molecule has 0 saturated carbocycles. The lowest BCUT2D eigenvalue weighted by molar-refractivity contribution is -0.733. The van der Waals surface area contributed by atoms with Gasteiger partial charge in [0.1, 0.15) is 29.7 Å². The van der Waals surface area contributed by atoms with E-state index in [0.717, 1.165) is 11.5 Å². The number of aromatic nitrogens is 3. The molecule has 3 aromatic heterocycles. The number of rotatable bonds is 0. The molecule has 3 aromatic carbocycles. The second kappa shape index (κ2) is 4.68. The number of nitrogens with zero attached hydrogens (tertiary/aromatic N) is 3. The highest BCUT2D eigenvalue weighted by atomic mass is 16.5. The molecule has 6 heterocycles. The third-order valence-electron chi connectivity index (χ3n) is 7.71. The van der Waals surface area contributed by atoms with Crippen LogP contribution in [0.1, 0.15) is 11.1 Å². The first kappa shape index (κ1) is 15.6. The highest BCUT2D eigenvalue weighted by Crippen LogP contribution is 2.60. The molecule has 3 aliphatic heterocycles. The van der Waals surface area contributed by atoms with Gasteiger partial charge in [-0.25, -0.2) is 4.57 Å². The molecule has 0 aliphatic carbocycles. The van der Waals surface area contributed by atoms with Crippen LogP contribution in [0.5, 0.6) is 11.5 Å². The van der Waals surface area contributed by atoms with E-state index in [2.05, 4.69) is 106 Å². The monoisotopic (exact) mass is 411 g/mol. The third kappa shape index (κ3) is 1.37. The van der Waals surface area contributed by atoms with Crippen molar-refractivity contribution in [3.8, 4) is 22.8 Å². The summed E-state index contributed by atoms with van der Waals surface area (Å²) < 4.78 is 13.7. The highest BCUT2D eigenvalue weighted by Gasteiger charge is 2.63. The summed E-state index contributed by atoms with van der Waals surface area (Å²) >= 11 is 0. The highest BCUT2D eigenvalue weighted by molar-refractivity contribution is 6.26. The van der Waals surface area contributed by atoms with Crippen molar-refractivity contribution in [2.45, 2.75) is 5.66 Å². The molecule has 0 amide bonds. The van der Waals surface area contributed by atoms with Crippen molar-refractivity contribution in [3.63, 3.8) is 0 Å². The fourth-order valence-electron chi connectivity index (χ4n) is 6.72. The van der Waals surface area contributed by atoms with Gasteiger partial charge in [-0.2, -0.15) is 4.57 Å². The van der Waals surface area contributed by atoms with Crippen LogP contribution in [0, 0.1) is 0 Å². The summed E-state index contributed by atoms with van der Waals surface area (Å²) in [6.07, 6.45) is 8.97. The Labute approximate surface area is 183 Å². The Bertz CT molecular complexity index is 1880. The second-order valence-electron chi connectivity index (χ2n) is 9.16. The van der Waals surface area contributed by atoms with Gasteiger partial charge in [0.15, 0.2) is 18.6 Å². The van der Waals surface area contributed by atoms with E-state index in [4.69, 9.17) is 4.74 Å². The van der Waals surface area contributed by atoms with Crippen LogP contribution in [-0.4, -0.2) is 4.57 Å². The number of fused-ring (bicyclic) bond motifs is 5. The molecule has 1 atom stereocenters. The van der Waals surface area contributed by atoms with Crippen LogP contribution in [-0.2, 0) is 12.7 Å². The summed E-state index contributed by atoms with van der Waals surface area (Å²) in [5.74, 6) is 1.90. The summed E-state index contributed by atoms with van der Waals surface area (Å²) in [6, 6.07) is 21.8. The van der Waals surface area contributed by atoms with Gasteiger partial charge in [-0.3, -0.25) is 4.57 Å². The smallest absolute Gasteiger partial charge is 0.309 e. The van der Waals surface area contributed by atoms with E-state index in [1.54, 1.807) is 0 Å². The van der Waals surface area contributed by atoms with Crippen molar-refractivity contribution in [2.24, 2.45) is 7.05 Å². The van der Waals surface area contributed by atoms with Crippen molar-refractivity contribution in [3.05, 3.63) is 96.6 Å². The Morgan fingerprint density at radius 3 is 2.59 bits per heavy atom. The van der Waals surface area contributed by atoms with Crippen molar-refractivity contribution in [1.82, 2.24) is 4.57 Å². The molecule has 4 heteroatoms. The molecule has 148 valence electrons. The molecule has 0 fully saturated rings. The molecule has 32 heavy (non-hydrogen) atoms. The van der Waals surface area contributed by atoms with Crippen LogP contribution < -0.4 is 13.9 Å². The molecule has 9 rings (SSSR count). The SMILES string of the molecule is C[n+]1cc2c(c1)c1cccn3c1c1c4c(ccc21)Oc1cccc2c1C43[n+]1ccccc1-2. The molecular formula is C28H17N3O+2. The quantitative estimate of drug-likeness (QED) is 0.261. The standard InChI is InChI=1S/C28H17N3O/c1-29-14-19-16-10-11-23-26-24(16)27-17(20(19)15-29)7-5-13-31(27)28(26)25-18(6-4-9-22(25)32-23)21-8-2-3-12-30(21)28/h2-15H,1H3/q+2. The zero-order valence-electron chi connectivity index (χ0n) is 17.3. The first-order valence-corrected chi connectivity index (χ1v) is 11.0. The van der Waals surface area contributed by atoms with Crippen LogP contribution in [0.4, 0.5) is 0 Å². The lowest BCUT2D eigenvalue weighted by atomic mass is 9.86. The average Bonchev–Trinajstić information content (AvgIpc) is 3.47. The molecular weight excluding hydrogens is 394 g/mol. The lowest BCUT2D eigenvalue weighted by Gasteiger charge is -2.31. The number of hydrogen-bond donors (Lipinski definition) is 0. The Balaban J connectivity index is 1.65. The maximum atomic E-state index is 6.60. The number of pyridine rings is 2. The van der Waals surface area contributed by atoms with Gasteiger partial charge < -0.3 is 4.74 Å². The number of aryl methyl sites for hydroxylation is 1. The van der Waals surface area contributed by atoms with Crippen LogP contribution in [0.25, 0.3) is 43.7 Å². The lowest BCUT2D eigenvalue weighted by Crippen LogP contribution is -2.59. The van der Waals surface area contributed by atoms with Gasteiger partial charge >= 0.3 is 5.66 Å². The van der Waals surface area contributed by atoms with Gasteiger partial charge in [-0.15, -0.1) is 0 Å². The van der Waals surface area contributed by atoms with E-state index in [0.29, 0.717) is 0 Å². The van der Waals surface area contributed by atoms with Crippen molar-refractivity contribution < 1.29 is 13.9 Å². The molecule has 3 aliphatic rings. The van der Waals surface area contributed by atoms with Crippen molar-refractivity contribution >= 4 is 32.4 Å². The van der Waals surface area contributed by atoms with Crippen LogP contribution in [0.2, 0.25) is 0 Å². The molecule has 0 saturated heterocycles. The minimum absolute atomic E-state index is 0.474. The van der Waals surface area contributed by atoms with Gasteiger partial charge in [0.2, 0.25) is 5.69 Å². The molecule has 6 aromatic rings. The van der Waals surface area contributed by atoms with Crippen LogP contribution >= 0.6 is 0 Å². The van der Waals surface area contributed by atoms with Crippen LogP contribution in [0.3, 0.4) is 0 Å². The fourth-order valence-corrected chi connectivity index (χ4v) is 6.72. The maximum Gasteiger partial charge on any atom is 0.309 e. The maximum absolute atomic E-state index is 6.60. The molecule has 1 spiro atoms. The van der Waals surface area contributed by atoms with Crippen molar-refractivity contribution in [1.29, 1.82) is 0 Å². The van der Waals surface area contributed by atoms with Gasteiger partial charge in [0.05, 0.1) is 21.9 Å². The van der Waals surface area contributed by atoms with Gasteiger partial charge in [-0.05, 0) is 41.8 Å². The van der Waals surface area contributed by atoms with Gasteiger partial charge in [0, 0.05) is 29.1 Å². The van der Waals surface area contributed by atoms with E-state index in [1.165, 1.54) is 54.8 Å². The topological polar surface area (TPSA) is 21.9 Å². The van der Waals surface area contributed by atoms with Crippen LogP contribution in [0.15, 0.2) is 85.5 Å². The molecule has 4 nitrogen and oxygen atoms in total. The third-order valence-corrected chi connectivity index (χ3v) is 7.71. The number of ether oxygens (including phenoxy) is 1. The number of hydrogen-bond acceptors (Lipinski definition) is 1. The summed E-state index contributed by atoms with van der Waals surface area (Å²) in [5.41, 5.74) is 5.78. The predicted molar refractivity (Wildman–Crippen MR) is 122 cm³/mol. The fraction of sp³-hybridized carbons (Fsp3) is 0.0714. The molecule has 0 N–H and O–H groups in total. The van der Waals surface area contributed by atoms with Gasteiger partial charge in [0.25, 0.3) is 0 Å². The van der Waals surface area contributed by atoms with E-state index in [-0.39, 0.29) is 0 Å². The van der Waals surface area contributed by atoms with E-state index in [1.807, 2.05) is 0 Å². The van der Waals surface area contributed by atoms with E-state index in [9.17, 15) is 0 Å². The Hall–Kier alpha value is -4.18. The normalized spacial score (nSPS) is 18.5. The summed E-state index contributed by atoms with van der Waals surface area (Å²) in [6.45, 7) is 0. The summed E-state index contributed by atoms with van der Waals surface area (Å²) in [7, 11) is 2.11. The Morgan fingerprint density at radius 2 is 1.66 bits per heavy atom. The average molecular weight is 411 g/mol. The Kier molecular flexibility index (Phi) is 2.28. The van der Waals surface area contributed by atoms with E-state index < -0.39 is 5.66 Å². The minimum atomic E-state index is -0.474. The van der Waals surface area contributed by atoms with E-state index >= 15 is 0 Å². The summed E-state index contributed by atoms with van der Waals surface area (Å²) in [4.78, 5) is 0. The molecule has 0 bridgehead atoms. The largest absolute Gasteiger partial charge is 0.456 e. The van der Waals surface area contributed by atoms with Gasteiger partial charge in [-0.1, -0.05) is 12.1 Å². The Morgan fingerprint density at radius 1 is 0.781 bits per heavy atom. The predicted octanol–water partition coefficient (Wildman–Crippen LogP) is 4.76. The zero-order valence-corrected chi connectivity index (χ0v) is 17.3.